The Kier molecular flexibility index (Phi) is 7.16. The molecular formula is C20H24FN3O3. The predicted molar refractivity (Wildman–Crippen MR) is 101 cm³/mol. The highest BCUT2D eigenvalue weighted by Crippen LogP contribution is 2.28. The van der Waals surface area contributed by atoms with E-state index in [9.17, 15) is 14.3 Å². The van der Waals surface area contributed by atoms with Crippen molar-refractivity contribution >= 4 is 5.97 Å². The Balaban J connectivity index is 2.30. The molecule has 0 amide bonds. The van der Waals surface area contributed by atoms with Gasteiger partial charge in [-0.25, -0.2) is 13.9 Å². The highest BCUT2D eigenvalue weighted by atomic mass is 19.1. The SMILES string of the molecule is CCC(/C=C(\C=C/N)C(=O)O)n1nccc1O[C@@H](CC)c1ccc(F)cc1. The number of aromatic nitrogens is 2. The van der Waals surface area contributed by atoms with Gasteiger partial charge in [0.25, 0.3) is 0 Å². The summed E-state index contributed by atoms with van der Waals surface area (Å²) >= 11 is 0. The van der Waals surface area contributed by atoms with Gasteiger partial charge >= 0.3 is 5.97 Å². The van der Waals surface area contributed by atoms with Crippen molar-refractivity contribution in [3.8, 4) is 5.88 Å². The van der Waals surface area contributed by atoms with Crippen LogP contribution in [-0.4, -0.2) is 20.9 Å². The maximum atomic E-state index is 13.2. The number of nitrogens with zero attached hydrogens (tertiary/aromatic N) is 2. The van der Waals surface area contributed by atoms with Gasteiger partial charge in [0, 0.05) is 6.07 Å². The molecule has 0 aliphatic carbocycles. The van der Waals surface area contributed by atoms with Crippen molar-refractivity contribution in [3.05, 3.63) is 71.8 Å². The molecule has 0 aliphatic rings. The second kappa shape index (κ2) is 9.56. The van der Waals surface area contributed by atoms with E-state index in [0.29, 0.717) is 18.7 Å². The number of carboxylic acids is 1. The highest BCUT2D eigenvalue weighted by molar-refractivity contribution is 5.89. The summed E-state index contributed by atoms with van der Waals surface area (Å²) in [6, 6.07) is 7.58. The van der Waals surface area contributed by atoms with Gasteiger partial charge in [-0.15, -0.1) is 0 Å². The van der Waals surface area contributed by atoms with Crippen LogP contribution < -0.4 is 10.5 Å². The third-order valence-corrected chi connectivity index (χ3v) is 4.14. The smallest absolute Gasteiger partial charge is 0.335 e. The number of hydrogen-bond donors (Lipinski definition) is 2. The number of allylic oxidation sites excluding steroid dienone is 1. The van der Waals surface area contributed by atoms with Crippen LogP contribution in [0.25, 0.3) is 0 Å². The maximum Gasteiger partial charge on any atom is 0.335 e. The lowest BCUT2D eigenvalue weighted by atomic mass is 10.1. The van der Waals surface area contributed by atoms with Crippen molar-refractivity contribution in [2.45, 2.75) is 38.8 Å². The van der Waals surface area contributed by atoms with Crippen LogP contribution in [0.1, 0.15) is 44.4 Å². The molecule has 2 rings (SSSR count). The molecule has 0 bridgehead atoms. The van der Waals surface area contributed by atoms with E-state index < -0.39 is 5.97 Å². The summed E-state index contributed by atoms with van der Waals surface area (Å²) in [7, 11) is 0. The minimum atomic E-state index is -1.07. The van der Waals surface area contributed by atoms with Crippen LogP contribution in [0.15, 0.2) is 60.5 Å². The van der Waals surface area contributed by atoms with Crippen LogP contribution in [-0.2, 0) is 4.79 Å². The molecule has 2 aromatic rings. The van der Waals surface area contributed by atoms with Crippen LogP contribution in [0.3, 0.4) is 0 Å². The molecule has 1 unspecified atom stereocenters. The van der Waals surface area contributed by atoms with E-state index in [1.54, 1.807) is 35.2 Å². The van der Waals surface area contributed by atoms with Gasteiger partial charge < -0.3 is 15.6 Å². The Labute approximate surface area is 157 Å². The first-order valence-corrected chi connectivity index (χ1v) is 8.79. The summed E-state index contributed by atoms with van der Waals surface area (Å²) in [5, 5.41) is 13.6. The lowest BCUT2D eigenvalue weighted by Crippen LogP contribution is -2.15. The number of ether oxygens (including phenoxy) is 1. The number of benzene rings is 1. The molecule has 0 aliphatic heterocycles. The number of rotatable bonds is 9. The van der Waals surface area contributed by atoms with Gasteiger partial charge in [-0.3, -0.25) is 0 Å². The van der Waals surface area contributed by atoms with Gasteiger partial charge in [-0.1, -0.05) is 26.0 Å². The molecule has 0 radical (unpaired) electrons. The zero-order chi connectivity index (χ0) is 19.8. The zero-order valence-electron chi connectivity index (χ0n) is 15.4. The zero-order valence-corrected chi connectivity index (χ0v) is 15.4. The summed E-state index contributed by atoms with van der Waals surface area (Å²) in [6.07, 6.45) is 6.73. The fourth-order valence-electron chi connectivity index (χ4n) is 2.73. The summed E-state index contributed by atoms with van der Waals surface area (Å²) in [4.78, 5) is 11.4. The average molecular weight is 373 g/mol. The number of halogens is 1. The van der Waals surface area contributed by atoms with Crippen LogP contribution >= 0.6 is 0 Å². The van der Waals surface area contributed by atoms with E-state index in [4.69, 9.17) is 10.5 Å². The van der Waals surface area contributed by atoms with E-state index in [0.717, 1.165) is 5.56 Å². The van der Waals surface area contributed by atoms with E-state index in [1.165, 1.54) is 24.4 Å². The quantitative estimate of drug-likeness (QED) is 0.512. The summed E-state index contributed by atoms with van der Waals surface area (Å²) in [6.45, 7) is 3.90. The summed E-state index contributed by atoms with van der Waals surface area (Å²) in [5.41, 5.74) is 6.27. The van der Waals surface area contributed by atoms with Gasteiger partial charge in [0.05, 0.1) is 17.8 Å². The standard InChI is InChI=1S/C20H24FN3O3/c1-3-17(13-15(9-11-22)20(25)26)24-19(10-12-23-24)27-18(4-2)14-5-7-16(21)8-6-14/h5-13,17-18H,3-4,22H2,1-2H3,(H,25,26)/b11-9-,15-13+/t17?,18-/m0/s1. The molecule has 3 N–H and O–H groups in total. The Morgan fingerprint density at radius 3 is 2.56 bits per heavy atom. The minimum absolute atomic E-state index is 0.0800. The molecule has 2 atom stereocenters. The third kappa shape index (κ3) is 5.20. The van der Waals surface area contributed by atoms with Gasteiger partial charge in [0.1, 0.15) is 11.9 Å². The summed E-state index contributed by atoms with van der Waals surface area (Å²) < 4.78 is 20.9. The maximum absolute atomic E-state index is 13.2. The first-order chi connectivity index (χ1) is 13.0. The number of hydrogen-bond acceptors (Lipinski definition) is 4. The second-order valence-electron chi connectivity index (χ2n) is 5.94. The molecule has 1 aromatic carbocycles. The average Bonchev–Trinajstić information content (AvgIpc) is 3.11. The molecule has 7 heteroatoms. The molecule has 0 saturated carbocycles. The van der Waals surface area contributed by atoms with Crippen molar-refractivity contribution in [1.29, 1.82) is 0 Å². The number of nitrogens with two attached hydrogens (primary N) is 1. The van der Waals surface area contributed by atoms with Crippen molar-refractivity contribution in [1.82, 2.24) is 9.78 Å². The van der Waals surface area contributed by atoms with Crippen LogP contribution in [0.2, 0.25) is 0 Å². The lowest BCUT2D eigenvalue weighted by Gasteiger charge is -2.21. The Bertz CT molecular complexity index is 812. The van der Waals surface area contributed by atoms with Gasteiger partial charge in [-0.05, 0) is 48.9 Å². The van der Waals surface area contributed by atoms with E-state index in [2.05, 4.69) is 5.10 Å². The van der Waals surface area contributed by atoms with Crippen LogP contribution in [0, 0.1) is 5.82 Å². The van der Waals surface area contributed by atoms with Gasteiger partial charge in [0.15, 0.2) is 0 Å². The highest BCUT2D eigenvalue weighted by Gasteiger charge is 2.18. The molecule has 27 heavy (non-hydrogen) atoms. The van der Waals surface area contributed by atoms with Gasteiger partial charge in [-0.2, -0.15) is 5.10 Å². The van der Waals surface area contributed by atoms with Crippen LogP contribution in [0.4, 0.5) is 4.39 Å². The van der Waals surface area contributed by atoms with Crippen LogP contribution in [0.5, 0.6) is 5.88 Å². The number of carbonyl (C=O) groups is 1. The van der Waals surface area contributed by atoms with E-state index in [1.807, 2.05) is 13.8 Å². The largest absolute Gasteiger partial charge is 0.478 e. The Morgan fingerprint density at radius 2 is 2.00 bits per heavy atom. The second-order valence-corrected chi connectivity index (χ2v) is 5.94. The number of carboxylic acid groups (broad SMARTS) is 1. The van der Waals surface area contributed by atoms with Crippen molar-refractivity contribution in [2.75, 3.05) is 0 Å². The third-order valence-electron chi connectivity index (χ3n) is 4.14. The first kappa shape index (κ1) is 20.2. The van der Waals surface area contributed by atoms with Crippen molar-refractivity contribution < 1.29 is 19.0 Å². The normalized spacial score (nSPS) is 14.3. The first-order valence-electron chi connectivity index (χ1n) is 8.79. The monoisotopic (exact) mass is 373 g/mol. The fraction of sp³-hybridized carbons (Fsp3) is 0.300. The molecular weight excluding hydrogens is 349 g/mol. The van der Waals surface area contributed by atoms with E-state index in [-0.39, 0.29) is 23.5 Å². The molecule has 1 aromatic heterocycles. The molecule has 1 heterocycles. The van der Waals surface area contributed by atoms with Crippen molar-refractivity contribution in [3.63, 3.8) is 0 Å². The molecule has 0 saturated heterocycles. The summed E-state index contributed by atoms with van der Waals surface area (Å²) in [5.74, 6) is -0.859. The molecule has 0 fully saturated rings. The molecule has 0 spiro atoms. The lowest BCUT2D eigenvalue weighted by molar-refractivity contribution is -0.132. The Morgan fingerprint density at radius 1 is 1.30 bits per heavy atom. The number of aliphatic carboxylic acids is 1. The fourth-order valence-corrected chi connectivity index (χ4v) is 2.73. The van der Waals surface area contributed by atoms with Gasteiger partial charge in [0.2, 0.25) is 5.88 Å². The Hall–Kier alpha value is -3.09. The molecule has 144 valence electrons. The topological polar surface area (TPSA) is 90.4 Å². The molecule has 6 nitrogen and oxygen atoms in total. The van der Waals surface area contributed by atoms with Crippen molar-refractivity contribution in [2.24, 2.45) is 5.73 Å². The van der Waals surface area contributed by atoms with E-state index >= 15 is 0 Å². The minimum Gasteiger partial charge on any atom is -0.478 e. The predicted octanol–water partition coefficient (Wildman–Crippen LogP) is 3.99.